The van der Waals surface area contributed by atoms with Gasteiger partial charge in [-0.15, -0.1) is 0 Å². The second-order valence-electron chi connectivity index (χ2n) is 6.53. The van der Waals surface area contributed by atoms with Crippen LogP contribution in [-0.2, 0) is 17.8 Å². The topological polar surface area (TPSA) is 52.6 Å². The molecule has 1 amide bonds. The summed E-state index contributed by atoms with van der Waals surface area (Å²) in [4.78, 5) is 14.3. The number of fused-ring (bicyclic) bond motifs is 1. The molecule has 1 aromatic rings. The Morgan fingerprint density at radius 1 is 1.33 bits per heavy atom. The van der Waals surface area contributed by atoms with Gasteiger partial charge in [0.15, 0.2) is 0 Å². The number of nitrogens with zero attached hydrogens (tertiary/aromatic N) is 1. The van der Waals surface area contributed by atoms with Gasteiger partial charge in [-0.2, -0.15) is 0 Å². The molecule has 1 atom stereocenters. The van der Waals surface area contributed by atoms with Crippen molar-refractivity contribution in [1.29, 1.82) is 0 Å². The van der Waals surface area contributed by atoms with Gasteiger partial charge in [-0.25, -0.2) is 0 Å². The number of nitrogens with one attached hydrogen (secondary N) is 1. The summed E-state index contributed by atoms with van der Waals surface area (Å²) in [7, 11) is 1.81. The highest BCUT2D eigenvalue weighted by molar-refractivity contribution is 5.82. The Bertz CT molecular complexity index is 523. The van der Waals surface area contributed by atoms with Crippen molar-refractivity contribution in [3.05, 3.63) is 35.4 Å². The SMILES string of the molecule is CN(CC1(O)CCCC1)C(=O)[C@H]1Cc2ccccc2CN1. The van der Waals surface area contributed by atoms with E-state index in [0.717, 1.165) is 38.6 Å². The minimum Gasteiger partial charge on any atom is -0.388 e. The van der Waals surface area contributed by atoms with Gasteiger partial charge in [0.2, 0.25) is 5.91 Å². The number of rotatable bonds is 3. The summed E-state index contributed by atoms with van der Waals surface area (Å²) in [6, 6.07) is 8.09. The number of hydrogen-bond donors (Lipinski definition) is 2. The highest BCUT2D eigenvalue weighted by atomic mass is 16.3. The summed E-state index contributed by atoms with van der Waals surface area (Å²) in [5.41, 5.74) is 1.86. The molecule has 4 heteroatoms. The summed E-state index contributed by atoms with van der Waals surface area (Å²) in [5.74, 6) is 0.0878. The average molecular weight is 288 g/mol. The van der Waals surface area contributed by atoms with Crippen LogP contribution in [0.15, 0.2) is 24.3 Å². The first kappa shape index (κ1) is 14.5. The molecule has 0 spiro atoms. The van der Waals surface area contributed by atoms with Crippen molar-refractivity contribution < 1.29 is 9.90 Å². The highest BCUT2D eigenvalue weighted by Crippen LogP contribution is 2.30. The van der Waals surface area contributed by atoms with Gasteiger partial charge in [0.05, 0.1) is 11.6 Å². The van der Waals surface area contributed by atoms with Gasteiger partial charge in [0.1, 0.15) is 0 Å². The van der Waals surface area contributed by atoms with Crippen LogP contribution in [0.4, 0.5) is 0 Å². The zero-order chi connectivity index (χ0) is 14.9. The maximum absolute atomic E-state index is 12.6. The molecule has 0 saturated heterocycles. The van der Waals surface area contributed by atoms with Crippen LogP contribution in [0.3, 0.4) is 0 Å². The lowest BCUT2D eigenvalue weighted by atomic mass is 9.94. The second-order valence-corrected chi connectivity index (χ2v) is 6.53. The quantitative estimate of drug-likeness (QED) is 0.885. The van der Waals surface area contributed by atoms with Gasteiger partial charge in [-0.3, -0.25) is 4.79 Å². The van der Waals surface area contributed by atoms with E-state index >= 15 is 0 Å². The highest BCUT2D eigenvalue weighted by Gasteiger charge is 2.35. The van der Waals surface area contributed by atoms with Crippen LogP contribution in [0.5, 0.6) is 0 Å². The standard InChI is InChI=1S/C17H24N2O2/c1-19(12-17(21)8-4-5-9-17)16(20)15-10-13-6-2-3-7-14(13)11-18-15/h2-3,6-7,15,18,21H,4-5,8-12H2,1H3/t15-/m1/s1. The van der Waals surface area contributed by atoms with Crippen LogP contribution in [0.2, 0.25) is 0 Å². The first-order valence-corrected chi connectivity index (χ1v) is 7.85. The van der Waals surface area contributed by atoms with E-state index in [-0.39, 0.29) is 11.9 Å². The van der Waals surface area contributed by atoms with Crippen LogP contribution in [0.25, 0.3) is 0 Å². The number of likely N-dealkylation sites (N-methyl/N-ethyl adjacent to an activating group) is 1. The maximum atomic E-state index is 12.6. The summed E-state index contributed by atoms with van der Waals surface area (Å²) in [5, 5.41) is 13.8. The molecule has 1 aromatic carbocycles. The van der Waals surface area contributed by atoms with Crippen molar-refractivity contribution in [2.24, 2.45) is 0 Å². The first-order valence-electron chi connectivity index (χ1n) is 7.85. The Labute approximate surface area is 126 Å². The zero-order valence-electron chi connectivity index (χ0n) is 12.6. The largest absolute Gasteiger partial charge is 0.388 e. The van der Waals surface area contributed by atoms with Crippen LogP contribution in [0.1, 0.15) is 36.8 Å². The van der Waals surface area contributed by atoms with Crippen molar-refractivity contribution in [3.8, 4) is 0 Å². The van der Waals surface area contributed by atoms with Gasteiger partial charge in [0.25, 0.3) is 0 Å². The summed E-state index contributed by atoms with van der Waals surface area (Å²) < 4.78 is 0. The van der Waals surface area contributed by atoms with Gasteiger partial charge >= 0.3 is 0 Å². The number of carbonyl (C=O) groups is 1. The zero-order valence-corrected chi connectivity index (χ0v) is 12.6. The fourth-order valence-electron chi connectivity index (χ4n) is 3.61. The normalized spacial score (nSPS) is 23.6. The van der Waals surface area contributed by atoms with Gasteiger partial charge in [-0.05, 0) is 30.4 Å². The van der Waals surface area contributed by atoms with Crippen molar-refractivity contribution in [3.63, 3.8) is 0 Å². The third-order valence-corrected chi connectivity index (χ3v) is 4.82. The number of carbonyl (C=O) groups excluding carboxylic acids is 1. The van der Waals surface area contributed by atoms with Crippen LogP contribution >= 0.6 is 0 Å². The summed E-state index contributed by atoms with van der Waals surface area (Å²) in [6.07, 6.45) is 4.48. The predicted octanol–water partition coefficient (Wildman–Crippen LogP) is 1.46. The predicted molar refractivity (Wildman–Crippen MR) is 81.8 cm³/mol. The number of benzene rings is 1. The Balaban J connectivity index is 1.63. The number of hydrogen-bond acceptors (Lipinski definition) is 3. The number of amides is 1. The molecule has 1 saturated carbocycles. The lowest BCUT2D eigenvalue weighted by Crippen LogP contribution is -2.51. The van der Waals surface area contributed by atoms with Crippen LogP contribution < -0.4 is 5.32 Å². The van der Waals surface area contributed by atoms with E-state index in [9.17, 15) is 9.90 Å². The Morgan fingerprint density at radius 2 is 2.00 bits per heavy atom. The molecular weight excluding hydrogens is 264 g/mol. The van der Waals surface area contributed by atoms with Crippen molar-refractivity contribution in [2.45, 2.75) is 50.3 Å². The van der Waals surface area contributed by atoms with Gasteiger partial charge in [0, 0.05) is 20.1 Å². The summed E-state index contributed by atoms with van der Waals surface area (Å²) in [6.45, 7) is 1.19. The van der Waals surface area contributed by atoms with Crippen LogP contribution in [-0.4, -0.2) is 41.1 Å². The maximum Gasteiger partial charge on any atom is 0.239 e. The molecular formula is C17H24N2O2. The fraction of sp³-hybridized carbons (Fsp3) is 0.588. The van der Waals surface area contributed by atoms with Gasteiger partial charge in [-0.1, -0.05) is 37.1 Å². The van der Waals surface area contributed by atoms with Crippen molar-refractivity contribution in [1.82, 2.24) is 10.2 Å². The van der Waals surface area contributed by atoms with Crippen molar-refractivity contribution >= 4 is 5.91 Å². The monoisotopic (exact) mass is 288 g/mol. The number of aliphatic hydroxyl groups is 1. The van der Waals surface area contributed by atoms with E-state index in [4.69, 9.17) is 0 Å². The van der Waals surface area contributed by atoms with Crippen molar-refractivity contribution in [2.75, 3.05) is 13.6 Å². The molecule has 21 heavy (non-hydrogen) atoms. The van der Waals surface area contributed by atoms with E-state index < -0.39 is 5.60 Å². The summed E-state index contributed by atoms with van der Waals surface area (Å²) >= 11 is 0. The molecule has 1 heterocycles. The molecule has 0 radical (unpaired) electrons. The second kappa shape index (κ2) is 5.78. The van der Waals surface area contributed by atoms with E-state index in [0.29, 0.717) is 6.54 Å². The molecule has 0 unspecified atom stereocenters. The Morgan fingerprint density at radius 3 is 2.71 bits per heavy atom. The molecule has 114 valence electrons. The minimum absolute atomic E-state index is 0.0878. The van der Waals surface area contributed by atoms with E-state index in [1.54, 1.807) is 11.9 Å². The van der Waals surface area contributed by atoms with E-state index in [1.165, 1.54) is 11.1 Å². The molecule has 1 fully saturated rings. The minimum atomic E-state index is -0.670. The molecule has 2 N–H and O–H groups in total. The third-order valence-electron chi connectivity index (χ3n) is 4.82. The lowest BCUT2D eigenvalue weighted by Gasteiger charge is -2.33. The smallest absolute Gasteiger partial charge is 0.239 e. The van der Waals surface area contributed by atoms with Gasteiger partial charge < -0.3 is 15.3 Å². The molecule has 4 nitrogen and oxygen atoms in total. The van der Waals surface area contributed by atoms with Crippen LogP contribution in [0, 0.1) is 0 Å². The Kier molecular flexibility index (Phi) is 4.00. The molecule has 0 bridgehead atoms. The molecule has 3 rings (SSSR count). The Hall–Kier alpha value is -1.39. The van der Waals surface area contributed by atoms with E-state index in [2.05, 4.69) is 17.4 Å². The molecule has 2 aliphatic rings. The molecule has 0 aromatic heterocycles. The third kappa shape index (κ3) is 3.11. The molecule has 1 aliphatic carbocycles. The molecule has 1 aliphatic heterocycles. The average Bonchev–Trinajstić information content (AvgIpc) is 2.92. The lowest BCUT2D eigenvalue weighted by molar-refractivity contribution is -0.135. The first-order chi connectivity index (χ1) is 10.1. The fourth-order valence-corrected chi connectivity index (χ4v) is 3.61. The van der Waals surface area contributed by atoms with E-state index in [1.807, 2.05) is 12.1 Å².